The van der Waals surface area contributed by atoms with Crippen molar-refractivity contribution in [3.8, 4) is 11.1 Å². The molecule has 0 spiro atoms. The van der Waals surface area contributed by atoms with Crippen molar-refractivity contribution >= 4 is 35.8 Å². The molecule has 188 valence electrons. The molecular weight excluding hydrogens is 473 g/mol. The minimum atomic E-state index is -0.396. The number of hydrogen-bond donors (Lipinski definition) is 1. The number of esters is 1. The van der Waals surface area contributed by atoms with Crippen molar-refractivity contribution in [1.29, 1.82) is 0 Å². The van der Waals surface area contributed by atoms with Gasteiger partial charge in [0.05, 0.1) is 29.1 Å². The van der Waals surface area contributed by atoms with Gasteiger partial charge < -0.3 is 19.4 Å². The first-order valence-electron chi connectivity index (χ1n) is 12.1. The predicted molar refractivity (Wildman–Crippen MR) is 143 cm³/mol. The van der Waals surface area contributed by atoms with Gasteiger partial charge in [-0.05, 0) is 73.8 Å². The van der Waals surface area contributed by atoms with Crippen molar-refractivity contribution < 1.29 is 23.6 Å². The van der Waals surface area contributed by atoms with Crippen LogP contribution in [0.1, 0.15) is 55.4 Å². The van der Waals surface area contributed by atoms with Crippen molar-refractivity contribution in [1.82, 2.24) is 5.32 Å². The standard InChI is InChI=1S/C28H32BNO5S/c1-6-33-25(31)15-19-7-9-20(10-8-19)17-30-26(32)24-16-22(18-36-24)21-11-13-23(14-12-21)29-34-27(2,3)28(4,5)35-29/h7-14,16,18H,6,15,17H2,1-5H3,(H,30,32). The molecule has 0 atom stereocenters. The number of carbonyl (C=O) groups excluding carboxylic acids is 2. The van der Waals surface area contributed by atoms with Gasteiger partial charge in [-0.1, -0.05) is 48.5 Å². The van der Waals surface area contributed by atoms with E-state index in [1.54, 1.807) is 6.92 Å². The molecule has 1 amide bonds. The summed E-state index contributed by atoms with van der Waals surface area (Å²) >= 11 is 1.42. The Balaban J connectivity index is 1.33. The Morgan fingerprint density at radius 1 is 0.917 bits per heavy atom. The van der Waals surface area contributed by atoms with Crippen molar-refractivity contribution in [3.63, 3.8) is 0 Å². The number of amides is 1. The van der Waals surface area contributed by atoms with Crippen LogP contribution in [0.2, 0.25) is 0 Å². The summed E-state index contributed by atoms with van der Waals surface area (Å²) in [5, 5.41) is 4.96. The summed E-state index contributed by atoms with van der Waals surface area (Å²) in [6.45, 7) is 10.7. The Morgan fingerprint density at radius 2 is 1.53 bits per heavy atom. The van der Waals surface area contributed by atoms with E-state index in [9.17, 15) is 9.59 Å². The summed E-state index contributed by atoms with van der Waals surface area (Å²) in [5.41, 5.74) is 4.09. The molecule has 0 unspecified atom stereocenters. The van der Waals surface area contributed by atoms with Crippen LogP contribution in [-0.2, 0) is 31.8 Å². The van der Waals surface area contributed by atoms with Gasteiger partial charge >= 0.3 is 13.1 Å². The van der Waals surface area contributed by atoms with Crippen LogP contribution in [0.5, 0.6) is 0 Å². The molecular formula is C28H32BNO5S. The number of carbonyl (C=O) groups is 2. The van der Waals surface area contributed by atoms with Gasteiger partial charge in [-0.25, -0.2) is 0 Å². The smallest absolute Gasteiger partial charge is 0.466 e. The molecule has 0 aliphatic carbocycles. The summed E-state index contributed by atoms with van der Waals surface area (Å²) in [7, 11) is -0.396. The van der Waals surface area contributed by atoms with Crippen LogP contribution in [0.4, 0.5) is 0 Å². The molecule has 6 nitrogen and oxygen atoms in total. The first-order chi connectivity index (χ1) is 17.1. The third-order valence-corrected chi connectivity index (χ3v) is 7.65. The number of thiophene rings is 1. The summed E-state index contributed by atoms with van der Waals surface area (Å²) in [6, 6.07) is 17.6. The quantitative estimate of drug-likeness (QED) is 0.353. The monoisotopic (exact) mass is 505 g/mol. The fraction of sp³-hybridized carbons (Fsp3) is 0.357. The first kappa shape index (κ1) is 26.1. The molecule has 0 saturated carbocycles. The maximum atomic E-state index is 12.7. The third-order valence-electron chi connectivity index (χ3n) is 6.72. The van der Waals surface area contributed by atoms with Crippen molar-refractivity contribution in [2.45, 2.75) is 58.8 Å². The normalized spacial score (nSPS) is 16.1. The van der Waals surface area contributed by atoms with Crippen molar-refractivity contribution in [2.75, 3.05) is 6.61 Å². The second-order valence-corrected chi connectivity index (χ2v) is 10.8. The zero-order valence-electron chi connectivity index (χ0n) is 21.4. The molecule has 1 aromatic heterocycles. The van der Waals surface area contributed by atoms with Gasteiger partial charge in [0.2, 0.25) is 0 Å². The molecule has 2 heterocycles. The van der Waals surface area contributed by atoms with E-state index in [-0.39, 0.29) is 29.5 Å². The fourth-order valence-corrected chi connectivity index (χ4v) is 4.67. The van der Waals surface area contributed by atoms with Gasteiger partial charge in [0.15, 0.2) is 0 Å². The highest BCUT2D eigenvalue weighted by Gasteiger charge is 2.51. The Morgan fingerprint density at radius 3 is 2.14 bits per heavy atom. The van der Waals surface area contributed by atoms with E-state index in [1.165, 1.54) is 11.3 Å². The van der Waals surface area contributed by atoms with Crippen LogP contribution >= 0.6 is 11.3 Å². The van der Waals surface area contributed by atoms with Crippen molar-refractivity contribution in [3.05, 3.63) is 76.0 Å². The van der Waals surface area contributed by atoms with Gasteiger partial charge in [0.1, 0.15) is 0 Å². The number of benzene rings is 2. The molecule has 1 N–H and O–H groups in total. The Kier molecular flexibility index (Phi) is 7.69. The number of ether oxygens (including phenoxy) is 1. The predicted octanol–water partition coefficient (Wildman–Crippen LogP) is 4.75. The van der Waals surface area contributed by atoms with E-state index in [0.29, 0.717) is 18.0 Å². The van der Waals surface area contributed by atoms with Crippen LogP contribution in [0.15, 0.2) is 60.0 Å². The van der Waals surface area contributed by atoms with E-state index < -0.39 is 7.12 Å². The zero-order valence-corrected chi connectivity index (χ0v) is 22.2. The molecule has 8 heteroatoms. The van der Waals surface area contributed by atoms with Crippen molar-refractivity contribution in [2.24, 2.45) is 0 Å². The van der Waals surface area contributed by atoms with Gasteiger partial charge in [0.25, 0.3) is 5.91 Å². The highest BCUT2D eigenvalue weighted by Crippen LogP contribution is 2.36. The topological polar surface area (TPSA) is 73.9 Å². The van der Waals surface area contributed by atoms with Crippen LogP contribution < -0.4 is 10.8 Å². The van der Waals surface area contributed by atoms with E-state index in [0.717, 1.165) is 27.7 Å². The van der Waals surface area contributed by atoms with Crippen LogP contribution in [0.25, 0.3) is 11.1 Å². The molecule has 1 aliphatic heterocycles. The summed E-state index contributed by atoms with van der Waals surface area (Å²) in [5.74, 6) is -0.356. The van der Waals surface area contributed by atoms with E-state index in [2.05, 4.69) is 5.32 Å². The average Bonchev–Trinajstić information content (AvgIpc) is 3.41. The summed E-state index contributed by atoms with van der Waals surface area (Å²) < 4.78 is 17.2. The Labute approximate surface area is 217 Å². The molecule has 36 heavy (non-hydrogen) atoms. The SMILES string of the molecule is CCOC(=O)Cc1ccc(CNC(=O)c2cc(-c3ccc(B4OC(C)(C)C(C)(C)O4)cc3)cs2)cc1. The van der Waals surface area contributed by atoms with Gasteiger partial charge in [-0.2, -0.15) is 0 Å². The number of hydrogen-bond acceptors (Lipinski definition) is 6. The van der Waals surface area contributed by atoms with E-state index in [4.69, 9.17) is 14.0 Å². The molecule has 1 aliphatic rings. The minimum absolute atomic E-state index is 0.115. The summed E-state index contributed by atoms with van der Waals surface area (Å²) in [4.78, 5) is 25.0. The maximum Gasteiger partial charge on any atom is 0.494 e. The molecule has 2 aromatic carbocycles. The molecule has 1 saturated heterocycles. The minimum Gasteiger partial charge on any atom is -0.466 e. The van der Waals surface area contributed by atoms with Gasteiger partial charge in [-0.15, -0.1) is 11.3 Å². The maximum absolute atomic E-state index is 12.7. The zero-order chi connectivity index (χ0) is 25.9. The Hall–Kier alpha value is -2.94. The lowest BCUT2D eigenvalue weighted by molar-refractivity contribution is -0.142. The van der Waals surface area contributed by atoms with Crippen LogP contribution in [0, 0.1) is 0 Å². The second kappa shape index (κ2) is 10.6. The lowest BCUT2D eigenvalue weighted by atomic mass is 9.78. The summed E-state index contributed by atoms with van der Waals surface area (Å²) in [6.07, 6.45) is 0.246. The molecule has 0 bridgehead atoms. The Bertz CT molecular complexity index is 1200. The highest BCUT2D eigenvalue weighted by atomic mass is 32.1. The average molecular weight is 505 g/mol. The lowest BCUT2D eigenvalue weighted by Gasteiger charge is -2.32. The molecule has 1 fully saturated rings. The molecule has 4 rings (SSSR count). The number of rotatable bonds is 8. The van der Waals surface area contributed by atoms with E-state index in [1.807, 2.05) is 87.7 Å². The van der Waals surface area contributed by atoms with Gasteiger partial charge in [-0.3, -0.25) is 9.59 Å². The van der Waals surface area contributed by atoms with Crippen LogP contribution in [0.3, 0.4) is 0 Å². The van der Waals surface area contributed by atoms with Gasteiger partial charge in [0, 0.05) is 6.54 Å². The lowest BCUT2D eigenvalue weighted by Crippen LogP contribution is -2.41. The molecule has 0 radical (unpaired) electrons. The first-order valence-corrected chi connectivity index (χ1v) is 13.0. The molecule has 3 aromatic rings. The van der Waals surface area contributed by atoms with E-state index >= 15 is 0 Å². The van der Waals surface area contributed by atoms with Crippen LogP contribution in [-0.4, -0.2) is 36.8 Å². The fourth-order valence-electron chi connectivity index (χ4n) is 3.84. The number of nitrogens with one attached hydrogen (secondary N) is 1. The second-order valence-electron chi connectivity index (χ2n) is 9.89. The third kappa shape index (κ3) is 5.89. The highest BCUT2D eigenvalue weighted by molar-refractivity contribution is 7.12. The largest absolute Gasteiger partial charge is 0.494 e.